The van der Waals surface area contributed by atoms with E-state index >= 15 is 0 Å². The van der Waals surface area contributed by atoms with Crippen LogP contribution in [0.5, 0.6) is 0 Å². The fraction of sp³-hybridized carbons (Fsp3) is 0.857. The molecule has 0 saturated carbocycles. The molecule has 1 unspecified atom stereocenters. The van der Waals surface area contributed by atoms with Crippen molar-refractivity contribution in [2.75, 3.05) is 19.6 Å². The normalized spacial score (nSPS) is 20.4. The van der Waals surface area contributed by atoms with Gasteiger partial charge in [-0.2, -0.15) is 0 Å². The molecule has 19 heavy (non-hydrogen) atoms. The summed E-state index contributed by atoms with van der Waals surface area (Å²) in [6, 6.07) is 0.541. The molecule has 1 fully saturated rings. The van der Waals surface area contributed by atoms with Gasteiger partial charge < -0.3 is 9.88 Å². The quantitative estimate of drug-likeness (QED) is 0.872. The molecule has 1 aromatic heterocycles. The highest BCUT2D eigenvalue weighted by atomic mass is 15.3. The van der Waals surface area contributed by atoms with Crippen molar-refractivity contribution < 1.29 is 0 Å². The largest absolute Gasteiger partial charge is 0.317 e. The van der Waals surface area contributed by atoms with Gasteiger partial charge in [0.1, 0.15) is 11.6 Å². The molecule has 1 N–H and O–H groups in total. The molecule has 0 aliphatic carbocycles. The van der Waals surface area contributed by atoms with Crippen LogP contribution >= 0.6 is 0 Å². The number of nitrogens with zero attached hydrogens (tertiary/aromatic N) is 4. The average Bonchev–Trinajstić information content (AvgIpc) is 2.71. The Morgan fingerprint density at radius 1 is 1.42 bits per heavy atom. The summed E-state index contributed by atoms with van der Waals surface area (Å²) < 4.78 is 2.09. The zero-order valence-corrected chi connectivity index (χ0v) is 12.7. The number of hydrogen-bond acceptors (Lipinski definition) is 4. The van der Waals surface area contributed by atoms with E-state index in [1.54, 1.807) is 0 Å². The summed E-state index contributed by atoms with van der Waals surface area (Å²) in [4.78, 5) is 2.52. The van der Waals surface area contributed by atoms with E-state index in [2.05, 4.69) is 38.8 Å². The molecule has 2 heterocycles. The van der Waals surface area contributed by atoms with Crippen molar-refractivity contribution in [3.63, 3.8) is 0 Å². The van der Waals surface area contributed by atoms with Crippen molar-refractivity contribution in [2.24, 2.45) is 13.0 Å². The summed E-state index contributed by atoms with van der Waals surface area (Å²) in [6.45, 7) is 10.9. The zero-order chi connectivity index (χ0) is 13.8. The summed E-state index contributed by atoms with van der Waals surface area (Å²) in [6.07, 6.45) is 2.65. The number of hydrogen-bond donors (Lipinski definition) is 1. The second kappa shape index (κ2) is 6.48. The molecule has 0 radical (unpaired) electrons. The fourth-order valence-electron chi connectivity index (χ4n) is 2.64. The minimum Gasteiger partial charge on any atom is -0.317 e. The molecule has 1 aliphatic heterocycles. The van der Waals surface area contributed by atoms with E-state index in [1.807, 2.05) is 14.0 Å². The summed E-state index contributed by atoms with van der Waals surface area (Å²) in [5.74, 6) is 2.82. The summed E-state index contributed by atoms with van der Waals surface area (Å²) >= 11 is 0. The van der Waals surface area contributed by atoms with E-state index in [0.29, 0.717) is 6.04 Å². The number of piperidine rings is 1. The van der Waals surface area contributed by atoms with E-state index in [1.165, 1.54) is 19.4 Å². The van der Waals surface area contributed by atoms with Gasteiger partial charge >= 0.3 is 0 Å². The molecule has 108 valence electrons. The molecule has 1 aromatic rings. The maximum atomic E-state index is 4.29. The highest BCUT2D eigenvalue weighted by Gasteiger charge is 2.20. The van der Waals surface area contributed by atoms with Gasteiger partial charge in [0.05, 0.1) is 6.54 Å². The summed E-state index contributed by atoms with van der Waals surface area (Å²) in [5, 5.41) is 11.9. The third-order valence-electron chi connectivity index (χ3n) is 4.15. The van der Waals surface area contributed by atoms with Gasteiger partial charge in [0.15, 0.2) is 0 Å². The van der Waals surface area contributed by atoms with Crippen LogP contribution < -0.4 is 5.32 Å². The Bertz CT molecular complexity index is 393. The molecule has 1 saturated heterocycles. The first-order valence-electron chi connectivity index (χ1n) is 7.37. The van der Waals surface area contributed by atoms with Crippen molar-refractivity contribution in [3.8, 4) is 0 Å². The maximum absolute atomic E-state index is 4.29. The summed E-state index contributed by atoms with van der Waals surface area (Å²) in [5.41, 5.74) is 0. The first-order valence-corrected chi connectivity index (χ1v) is 7.37. The van der Waals surface area contributed by atoms with Gasteiger partial charge in [-0.25, -0.2) is 0 Å². The number of aromatic nitrogens is 3. The molecular formula is C14H27N5. The predicted octanol–water partition coefficient (Wildman–Crippen LogP) is 1.33. The van der Waals surface area contributed by atoms with Crippen LogP contribution in [0.3, 0.4) is 0 Å². The second-order valence-corrected chi connectivity index (χ2v) is 5.96. The van der Waals surface area contributed by atoms with Crippen molar-refractivity contribution >= 4 is 0 Å². The topological polar surface area (TPSA) is 46.0 Å². The Balaban J connectivity index is 1.97. The third kappa shape index (κ3) is 3.76. The standard InChI is InChI=1S/C14H27N5/c1-11(2)19(9-13-6-5-7-15-8-13)10-14-17-16-12(3)18(14)4/h11,13,15H,5-10H2,1-4H3. The van der Waals surface area contributed by atoms with Crippen LogP contribution in [-0.4, -0.2) is 45.3 Å². The van der Waals surface area contributed by atoms with Crippen LogP contribution in [0.15, 0.2) is 0 Å². The molecule has 5 nitrogen and oxygen atoms in total. The summed E-state index contributed by atoms with van der Waals surface area (Å²) in [7, 11) is 2.05. The monoisotopic (exact) mass is 265 g/mol. The SMILES string of the molecule is Cc1nnc(CN(CC2CCCNC2)C(C)C)n1C. The second-order valence-electron chi connectivity index (χ2n) is 5.96. The molecule has 0 spiro atoms. The number of nitrogens with one attached hydrogen (secondary N) is 1. The Morgan fingerprint density at radius 3 is 2.74 bits per heavy atom. The van der Waals surface area contributed by atoms with Crippen LogP contribution in [0.1, 0.15) is 38.3 Å². The van der Waals surface area contributed by atoms with Gasteiger partial charge in [0.25, 0.3) is 0 Å². The van der Waals surface area contributed by atoms with E-state index in [-0.39, 0.29) is 0 Å². The lowest BCUT2D eigenvalue weighted by Crippen LogP contribution is -2.41. The van der Waals surface area contributed by atoms with Crippen LogP contribution in [0, 0.1) is 12.8 Å². The van der Waals surface area contributed by atoms with Crippen LogP contribution in [0.2, 0.25) is 0 Å². The van der Waals surface area contributed by atoms with E-state index in [0.717, 1.165) is 37.2 Å². The van der Waals surface area contributed by atoms with Gasteiger partial charge in [-0.1, -0.05) is 0 Å². The van der Waals surface area contributed by atoms with Crippen molar-refractivity contribution in [1.82, 2.24) is 25.0 Å². The number of aryl methyl sites for hydroxylation is 1. The van der Waals surface area contributed by atoms with Crippen LogP contribution in [0.4, 0.5) is 0 Å². The zero-order valence-electron chi connectivity index (χ0n) is 12.7. The molecular weight excluding hydrogens is 238 g/mol. The van der Waals surface area contributed by atoms with E-state index in [9.17, 15) is 0 Å². The van der Waals surface area contributed by atoms with Gasteiger partial charge in [0, 0.05) is 19.6 Å². The molecule has 1 aliphatic rings. The average molecular weight is 265 g/mol. The minimum absolute atomic E-state index is 0.541. The lowest BCUT2D eigenvalue weighted by molar-refractivity contribution is 0.158. The van der Waals surface area contributed by atoms with E-state index in [4.69, 9.17) is 0 Å². The minimum atomic E-state index is 0.541. The van der Waals surface area contributed by atoms with Gasteiger partial charge in [-0.15, -0.1) is 10.2 Å². The first-order chi connectivity index (χ1) is 9.08. The van der Waals surface area contributed by atoms with Gasteiger partial charge in [-0.05, 0) is 52.6 Å². The molecule has 0 bridgehead atoms. The smallest absolute Gasteiger partial charge is 0.146 e. The van der Waals surface area contributed by atoms with Crippen molar-refractivity contribution in [3.05, 3.63) is 11.6 Å². The van der Waals surface area contributed by atoms with Crippen LogP contribution in [-0.2, 0) is 13.6 Å². The lowest BCUT2D eigenvalue weighted by atomic mass is 9.98. The highest BCUT2D eigenvalue weighted by Crippen LogP contribution is 2.15. The molecule has 0 amide bonds. The molecule has 5 heteroatoms. The number of rotatable bonds is 5. The van der Waals surface area contributed by atoms with E-state index < -0.39 is 0 Å². The fourth-order valence-corrected chi connectivity index (χ4v) is 2.64. The van der Waals surface area contributed by atoms with Gasteiger partial charge in [-0.3, -0.25) is 4.90 Å². The molecule has 2 rings (SSSR count). The lowest BCUT2D eigenvalue weighted by Gasteiger charge is -2.32. The predicted molar refractivity (Wildman–Crippen MR) is 76.9 cm³/mol. The molecule has 1 atom stereocenters. The van der Waals surface area contributed by atoms with Crippen LogP contribution in [0.25, 0.3) is 0 Å². The Morgan fingerprint density at radius 2 is 2.21 bits per heavy atom. The Kier molecular flexibility index (Phi) is 4.93. The highest BCUT2D eigenvalue weighted by molar-refractivity contribution is 4.93. The molecule has 0 aromatic carbocycles. The van der Waals surface area contributed by atoms with Crippen molar-refractivity contribution in [1.29, 1.82) is 0 Å². The van der Waals surface area contributed by atoms with Gasteiger partial charge in [0.2, 0.25) is 0 Å². The Hall–Kier alpha value is -0.940. The first kappa shape index (κ1) is 14.5. The van der Waals surface area contributed by atoms with Crippen molar-refractivity contribution in [2.45, 2.75) is 46.2 Å². The Labute approximate surface area is 116 Å². The third-order valence-corrected chi connectivity index (χ3v) is 4.15. The maximum Gasteiger partial charge on any atom is 0.146 e.